The maximum Gasteiger partial charge on any atom is 0.225 e. The highest BCUT2D eigenvalue weighted by Gasteiger charge is 2.08. The number of nitrogens with zero attached hydrogens (tertiary/aromatic N) is 3. The number of benzene rings is 2. The van der Waals surface area contributed by atoms with Crippen molar-refractivity contribution in [2.24, 2.45) is 0 Å². The highest BCUT2D eigenvalue weighted by molar-refractivity contribution is 5.68. The Hall–Kier alpha value is -2.92. The molecule has 1 heterocycles. The summed E-state index contributed by atoms with van der Waals surface area (Å²) >= 11 is 0. The second-order valence-corrected chi connectivity index (χ2v) is 7.00. The Morgan fingerprint density at radius 1 is 0.926 bits per heavy atom. The number of aromatic nitrogens is 2. The molecule has 1 aromatic heterocycles. The highest BCUT2D eigenvalue weighted by Crippen LogP contribution is 2.25. The smallest absolute Gasteiger partial charge is 0.225 e. The first-order valence-electron chi connectivity index (χ1n) is 9.18. The van der Waals surface area contributed by atoms with E-state index in [1.54, 1.807) is 0 Å². The first-order chi connectivity index (χ1) is 13.0. The fraction of sp³-hybridized carbons (Fsp3) is 0.273. The zero-order valence-corrected chi connectivity index (χ0v) is 16.5. The number of likely N-dealkylation sites (N-methyl/N-ethyl adjacent to an activating group) is 1. The van der Waals surface area contributed by atoms with E-state index < -0.39 is 0 Å². The van der Waals surface area contributed by atoms with Crippen LogP contribution in [0.4, 0.5) is 17.5 Å². The summed E-state index contributed by atoms with van der Waals surface area (Å²) in [5.74, 6) is 1.41. The molecule has 0 aliphatic carbocycles. The standard InChI is InChI=1S/C22H27N5/c1-16-10-11-17(2)19(14-16)24-21-15-20(18-8-6-5-7-9-18)25-22(26-21)23-12-13-27(3)4/h5-11,14-15H,12-13H2,1-4H3,(H2,23,24,25,26). The van der Waals surface area contributed by atoms with E-state index in [0.29, 0.717) is 5.95 Å². The van der Waals surface area contributed by atoms with Crippen LogP contribution in [0.25, 0.3) is 11.3 Å². The van der Waals surface area contributed by atoms with Gasteiger partial charge in [-0.15, -0.1) is 0 Å². The summed E-state index contributed by atoms with van der Waals surface area (Å²) in [7, 11) is 4.10. The van der Waals surface area contributed by atoms with Gasteiger partial charge >= 0.3 is 0 Å². The van der Waals surface area contributed by atoms with Gasteiger partial charge in [-0.3, -0.25) is 0 Å². The number of aryl methyl sites for hydroxylation is 2. The van der Waals surface area contributed by atoms with Gasteiger partial charge in [0.15, 0.2) is 0 Å². The molecule has 0 spiro atoms. The van der Waals surface area contributed by atoms with Crippen LogP contribution in [0.15, 0.2) is 54.6 Å². The third kappa shape index (κ3) is 5.28. The summed E-state index contributed by atoms with van der Waals surface area (Å²) in [5, 5.41) is 6.80. The molecule has 0 radical (unpaired) electrons. The van der Waals surface area contributed by atoms with E-state index in [-0.39, 0.29) is 0 Å². The maximum atomic E-state index is 4.70. The van der Waals surface area contributed by atoms with Crippen LogP contribution in [0.2, 0.25) is 0 Å². The summed E-state index contributed by atoms with van der Waals surface area (Å²) in [6, 6.07) is 18.5. The van der Waals surface area contributed by atoms with Gasteiger partial charge in [0.1, 0.15) is 5.82 Å². The van der Waals surface area contributed by atoms with Crippen LogP contribution >= 0.6 is 0 Å². The van der Waals surface area contributed by atoms with Crippen molar-refractivity contribution in [2.75, 3.05) is 37.8 Å². The molecule has 0 unspecified atom stereocenters. The predicted molar refractivity (Wildman–Crippen MR) is 114 cm³/mol. The second kappa shape index (κ2) is 8.64. The van der Waals surface area contributed by atoms with Crippen molar-refractivity contribution in [2.45, 2.75) is 13.8 Å². The van der Waals surface area contributed by atoms with E-state index in [9.17, 15) is 0 Å². The van der Waals surface area contributed by atoms with Crippen LogP contribution in [-0.2, 0) is 0 Å². The van der Waals surface area contributed by atoms with E-state index in [1.165, 1.54) is 11.1 Å². The summed E-state index contributed by atoms with van der Waals surface area (Å²) in [5.41, 5.74) is 5.42. The van der Waals surface area contributed by atoms with Crippen LogP contribution < -0.4 is 10.6 Å². The maximum absolute atomic E-state index is 4.70. The van der Waals surface area contributed by atoms with Crippen molar-refractivity contribution < 1.29 is 0 Å². The van der Waals surface area contributed by atoms with E-state index in [0.717, 1.165) is 35.9 Å². The molecule has 2 aromatic carbocycles. The van der Waals surface area contributed by atoms with Crippen LogP contribution in [0.1, 0.15) is 11.1 Å². The van der Waals surface area contributed by atoms with Gasteiger partial charge in [0.2, 0.25) is 5.95 Å². The van der Waals surface area contributed by atoms with Gasteiger partial charge in [-0.2, -0.15) is 4.98 Å². The summed E-state index contributed by atoms with van der Waals surface area (Å²) in [4.78, 5) is 11.5. The Balaban J connectivity index is 1.92. The Morgan fingerprint density at radius 3 is 2.44 bits per heavy atom. The second-order valence-electron chi connectivity index (χ2n) is 7.00. The van der Waals surface area contributed by atoms with E-state index in [1.807, 2.05) is 24.3 Å². The molecule has 5 nitrogen and oxygen atoms in total. The molecule has 3 aromatic rings. The number of anilines is 3. The lowest BCUT2D eigenvalue weighted by atomic mass is 10.1. The zero-order valence-electron chi connectivity index (χ0n) is 16.5. The average Bonchev–Trinajstić information content (AvgIpc) is 2.65. The Bertz CT molecular complexity index is 890. The van der Waals surface area contributed by atoms with Gasteiger partial charge in [-0.05, 0) is 45.1 Å². The molecule has 0 saturated heterocycles. The van der Waals surface area contributed by atoms with Crippen LogP contribution in [-0.4, -0.2) is 42.1 Å². The quantitative estimate of drug-likeness (QED) is 0.650. The molecule has 140 valence electrons. The topological polar surface area (TPSA) is 53.1 Å². The van der Waals surface area contributed by atoms with Crippen LogP contribution in [0, 0.1) is 13.8 Å². The molecular formula is C22H27N5. The molecule has 0 saturated carbocycles. The molecule has 0 amide bonds. The number of rotatable bonds is 7. The lowest BCUT2D eigenvalue weighted by Crippen LogP contribution is -2.21. The van der Waals surface area contributed by atoms with Gasteiger partial charge in [0.05, 0.1) is 5.69 Å². The predicted octanol–water partition coefficient (Wildman–Crippen LogP) is 4.48. The largest absolute Gasteiger partial charge is 0.353 e. The number of hydrogen-bond acceptors (Lipinski definition) is 5. The third-order valence-electron chi connectivity index (χ3n) is 4.29. The van der Waals surface area contributed by atoms with Crippen molar-refractivity contribution in [1.29, 1.82) is 0 Å². The monoisotopic (exact) mass is 361 g/mol. The van der Waals surface area contributed by atoms with Crippen LogP contribution in [0.5, 0.6) is 0 Å². The Morgan fingerprint density at radius 2 is 1.70 bits per heavy atom. The fourth-order valence-corrected chi connectivity index (χ4v) is 2.75. The summed E-state index contributed by atoms with van der Waals surface area (Å²) < 4.78 is 0. The molecule has 5 heteroatoms. The molecule has 0 bridgehead atoms. The van der Waals surface area contributed by atoms with Crippen molar-refractivity contribution in [3.05, 3.63) is 65.7 Å². The van der Waals surface area contributed by atoms with Gasteiger partial charge in [0.25, 0.3) is 0 Å². The number of hydrogen-bond donors (Lipinski definition) is 2. The average molecular weight is 361 g/mol. The van der Waals surface area contributed by atoms with Gasteiger partial charge < -0.3 is 15.5 Å². The minimum Gasteiger partial charge on any atom is -0.353 e. The normalized spacial score (nSPS) is 10.9. The molecule has 27 heavy (non-hydrogen) atoms. The zero-order chi connectivity index (χ0) is 19.2. The molecule has 0 aliphatic rings. The highest BCUT2D eigenvalue weighted by atomic mass is 15.2. The van der Waals surface area contributed by atoms with E-state index in [4.69, 9.17) is 4.98 Å². The third-order valence-corrected chi connectivity index (χ3v) is 4.29. The summed E-state index contributed by atoms with van der Waals surface area (Å²) in [6.07, 6.45) is 0. The van der Waals surface area contributed by atoms with Crippen molar-refractivity contribution in [3.63, 3.8) is 0 Å². The molecule has 0 atom stereocenters. The van der Waals surface area contributed by atoms with Gasteiger partial charge in [-0.25, -0.2) is 4.98 Å². The Labute approximate surface area is 161 Å². The first-order valence-corrected chi connectivity index (χ1v) is 9.18. The van der Waals surface area contributed by atoms with Crippen molar-refractivity contribution in [3.8, 4) is 11.3 Å². The molecule has 2 N–H and O–H groups in total. The first kappa shape index (κ1) is 18.9. The van der Waals surface area contributed by atoms with Gasteiger partial charge in [0, 0.05) is 30.4 Å². The summed E-state index contributed by atoms with van der Waals surface area (Å²) in [6.45, 7) is 5.89. The van der Waals surface area contributed by atoms with Crippen molar-refractivity contribution >= 4 is 17.5 Å². The minimum absolute atomic E-state index is 0.631. The lowest BCUT2D eigenvalue weighted by Gasteiger charge is -2.14. The van der Waals surface area contributed by atoms with Crippen molar-refractivity contribution in [1.82, 2.24) is 14.9 Å². The van der Waals surface area contributed by atoms with E-state index >= 15 is 0 Å². The minimum atomic E-state index is 0.631. The SMILES string of the molecule is Cc1ccc(C)c(Nc2cc(-c3ccccc3)nc(NCCN(C)C)n2)c1. The lowest BCUT2D eigenvalue weighted by molar-refractivity contribution is 0.425. The Kier molecular flexibility index (Phi) is 6.04. The molecular weight excluding hydrogens is 334 g/mol. The molecule has 0 fully saturated rings. The van der Waals surface area contributed by atoms with Gasteiger partial charge in [-0.1, -0.05) is 42.5 Å². The molecule has 0 aliphatic heterocycles. The molecule has 3 rings (SSSR count). The fourth-order valence-electron chi connectivity index (χ4n) is 2.75. The van der Waals surface area contributed by atoms with Crippen LogP contribution in [0.3, 0.4) is 0 Å². The number of nitrogens with one attached hydrogen (secondary N) is 2. The van der Waals surface area contributed by atoms with E-state index in [2.05, 4.69) is 78.8 Å².